The zero-order valence-corrected chi connectivity index (χ0v) is 17.7. The van der Waals surface area contributed by atoms with E-state index in [1.807, 2.05) is 0 Å². The molecule has 1 aromatic heterocycles. The summed E-state index contributed by atoms with van der Waals surface area (Å²) in [4.78, 5) is 46.8. The van der Waals surface area contributed by atoms with Gasteiger partial charge in [-0.3, -0.25) is 14.4 Å². The highest BCUT2D eigenvalue weighted by molar-refractivity contribution is 5.94. The molecule has 1 fully saturated rings. The number of amides is 3. The van der Waals surface area contributed by atoms with E-state index in [0.29, 0.717) is 23.6 Å². The molecule has 1 aromatic carbocycles. The first-order chi connectivity index (χ1) is 14.8. The fraction of sp³-hybridized carbons (Fsp3) is 0.409. The number of likely N-dealkylation sites (tertiary alicyclic amines) is 1. The number of halogens is 1. The number of piperidine rings is 1. The van der Waals surface area contributed by atoms with Crippen LogP contribution in [0.2, 0.25) is 0 Å². The molecule has 0 saturated carbocycles. The molecule has 1 atom stereocenters. The second kappa shape index (κ2) is 10.1. The summed E-state index contributed by atoms with van der Waals surface area (Å²) in [6, 6.07) is 5.61. The summed E-state index contributed by atoms with van der Waals surface area (Å²) in [5.74, 6) is -0.603. The summed E-state index contributed by atoms with van der Waals surface area (Å²) in [6.45, 7) is 3.87. The van der Waals surface area contributed by atoms with Crippen LogP contribution in [0.3, 0.4) is 0 Å². The van der Waals surface area contributed by atoms with Gasteiger partial charge in [-0.1, -0.05) is 12.1 Å². The molecule has 0 spiro atoms. The van der Waals surface area contributed by atoms with Crippen LogP contribution in [-0.2, 0) is 16.1 Å². The first kappa shape index (κ1) is 22.3. The van der Waals surface area contributed by atoms with E-state index in [2.05, 4.69) is 20.6 Å². The first-order valence-corrected chi connectivity index (χ1v) is 10.2. The van der Waals surface area contributed by atoms with Gasteiger partial charge in [-0.15, -0.1) is 0 Å². The van der Waals surface area contributed by atoms with Gasteiger partial charge >= 0.3 is 0 Å². The molecule has 2 heterocycles. The Hall–Kier alpha value is -3.36. The summed E-state index contributed by atoms with van der Waals surface area (Å²) in [7, 11) is 0. The molecular weight excluding hydrogens is 401 g/mol. The molecule has 3 amide bonds. The number of carbonyl (C=O) groups excluding carboxylic acids is 3. The minimum atomic E-state index is -0.331. The Morgan fingerprint density at radius 3 is 2.58 bits per heavy atom. The predicted molar refractivity (Wildman–Crippen MR) is 111 cm³/mol. The lowest BCUT2D eigenvalue weighted by molar-refractivity contribution is -0.136. The van der Waals surface area contributed by atoms with E-state index in [-0.39, 0.29) is 42.7 Å². The van der Waals surface area contributed by atoms with Crippen molar-refractivity contribution in [3.05, 3.63) is 58.9 Å². The molecule has 0 radical (unpaired) electrons. The highest BCUT2D eigenvalue weighted by Crippen LogP contribution is 2.29. The number of rotatable bonds is 6. The molecular formula is C22H26FN5O3. The van der Waals surface area contributed by atoms with Gasteiger partial charge in [-0.25, -0.2) is 14.4 Å². The van der Waals surface area contributed by atoms with Crippen molar-refractivity contribution < 1.29 is 18.8 Å². The van der Waals surface area contributed by atoms with Crippen molar-refractivity contribution in [3.8, 4) is 0 Å². The van der Waals surface area contributed by atoms with E-state index >= 15 is 0 Å². The van der Waals surface area contributed by atoms with Crippen LogP contribution >= 0.6 is 0 Å². The first-order valence-electron chi connectivity index (χ1n) is 10.2. The minimum Gasteiger partial charge on any atom is -0.348 e. The van der Waals surface area contributed by atoms with E-state index < -0.39 is 0 Å². The van der Waals surface area contributed by atoms with Gasteiger partial charge in [0.1, 0.15) is 5.82 Å². The second-order valence-electron chi connectivity index (χ2n) is 7.54. The number of hydrogen-bond acceptors (Lipinski definition) is 5. The molecule has 8 nitrogen and oxygen atoms in total. The topological polar surface area (TPSA) is 104 Å². The van der Waals surface area contributed by atoms with Gasteiger partial charge in [-0.05, 0) is 43.9 Å². The molecule has 1 saturated heterocycles. The standard InChI is InChI=1S/C22H26FN5O3/c1-14-18(22(31)26-11-16-6-8-17(23)9-7-16)12-25-21(27-14)19-5-3-4-10-28(19)20(30)13-24-15(2)29/h6-9,12,19H,3-5,10-11,13H2,1-2H3,(H,24,29)(H,26,31)/t19-/m1/s1. The lowest BCUT2D eigenvalue weighted by atomic mass is 10.0. The largest absolute Gasteiger partial charge is 0.348 e. The zero-order chi connectivity index (χ0) is 22.4. The summed E-state index contributed by atoms with van der Waals surface area (Å²) >= 11 is 0. The molecule has 0 bridgehead atoms. The monoisotopic (exact) mass is 427 g/mol. The number of nitrogens with one attached hydrogen (secondary N) is 2. The average Bonchev–Trinajstić information content (AvgIpc) is 2.76. The maximum Gasteiger partial charge on any atom is 0.254 e. The number of hydrogen-bond donors (Lipinski definition) is 2. The second-order valence-corrected chi connectivity index (χ2v) is 7.54. The zero-order valence-electron chi connectivity index (χ0n) is 17.7. The van der Waals surface area contributed by atoms with Gasteiger partial charge in [0, 0.05) is 26.2 Å². The maximum absolute atomic E-state index is 13.0. The molecule has 3 rings (SSSR count). The van der Waals surface area contributed by atoms with Crippen molar-refractivity contribution in [2.75, 3.05) is 13.1 Å². The number of nitrogens with zero attached hydrogens (tertiary/aromatic N) is 3. The molecule has 1 aliphatic heterocycles. The Balaban J connectivity index is 1.69. The molecule has 2 aromatic rings. The molecule has 164 valence electrons. The Labute approximate surface area is 180 Å². The number of aromatic nitrogens is 2. The maximum atomic E-state index is 13.0. The summed E-state index contributed by atoms with van der Waals surface area (Å²) < 4.78 is 13.0. The van der Waals surface area contributed by atoms with Gasteiger partial charge in [0.15, 0.2) is 5.82 Å². The SMILES string of the molecule is CC(=O)NCC(=O)N1CCCC[C@@H]1c1ncc(C(=O)NCc2ccc(F)cc2)c(C)n1. The van der Waals surface area contributed by atoms with E-state index in [1.165, 1.54) is 25.3 Å². The highest BCUT2D eigenvalue weighted by atomic mass is 19.1. The van der Waals surface area contributed by atoms with Crippen LogP contribution in [-0.4, -0.2) is 45.7 Å². The third kappa shape index (κ3) is 5.84. The van der Waals surface area contributed by atoms with Crippen molar-refractivity contribution in [2.45, 2.75) is 45.7 Å². The molecule has 0 aliphatic carbocycles. The van der Waals surface area contributed by atoms with E-state index in [1.54, 1.807) is 24.0 Å². The Bertz CT molecular complexity index is 964. The fourth-order valence-electron chi connectivity index (χ4n) is 3.55. The lowest BCUT2D eigenvalue weighted by Crippen LogP contribution is -2.44. The predicted octanol–water partition coefficient (Wildman–Crippen LogP) is 2.04. The average molecular weight is 427 g/mol. The quantitative estimate of drug-likeness (QED) is 0.734. The molecule has 9 heteroatoms. The van der Waals surface area contributed by atoms with Gasteiger partial charge < -0.3 is 15.5 Å². The lowest BCUT2D eigenvalue weighted by Gasteiger charge is -2.35. The van der Waals surface area contributed by atoms with Crippen molar-refractivity contribution in [1.29, 1.82) is 0 Å². The fourth-order valence-corrected chi connectivity index (χ4v) is 3.55. The number of aryl methyl sites for hydroxylation is 1. The third-order valence-electron chi connectivity index (χ3n) is 5.22. The number of benzene rings is 1. The third-order valence-corrected chi connectivity index (χ3v) is 5.22. The van der Waals surface area contributed by atoms with Gasteiger partial charge in [0.2, 0.25) is 11.8 Å². The van der Waals surface area contributed by atoms with Crippen LogP contribution in [0, 0.1) is 12.7 Å². The van der Waals surface area contributed by atoms with Crippen molar-refractivity contribution >= 4 is 17.7 Å². The van der Waals surface area contributed by atoms with Crippen LogP contribution < -0.4 is 10.6 Å². The molecule has 2 N–H and O–H groups in total. The van der Waals surface area contributed by atoms with Crippen molar-refractivity contribution in [1.82, 2.24) is 25.5 Å². The van der Waals surface area contributed by atoms with Gasteiger partial charge in [0.05, 0.1) is 23.8 Å². The Morgan fingerprint density at radius 1 is 1.16 bits per heavy atom. The van der Waals surface area contributed by atoms with Crippen molar-refractivity contribution in [3.63, 3.8) is 0 Å². The Morgan fingerprint density at radius 2 is 1.90 bits per heavy atom. The summed E-state index contributed by atoms with van der Waals surface area (Å²) in [5, 5.41) is 5.32. The van der Waals surface area contributed by atoms with Gasteiger partial charge in [-0.2, -0.15) is 0 Å². The molecule has 1 aliphatic rings. The highest BCUT2D eigenvalue weighted by Gasteiger charge is 2.30. The van der Waals surface area contributed by atoms with E-state index in [0.717, 1.165) is 24.8 Å². The summed E-state index contributed by atoms with van der Waals surface area (Å²) in [6.07, 6.45) is 4.02. The van der Waals surface area contributed by atoms with Crippen LogP contribution in [0.4, 0.5) is 4.39 Å². The van der Waals surface area contributed by atoms with Crippen LogP contribution in [0.15, 0.2) is 30.5 Å². The molecule has 0 unspecified atom stereocenters. The minimum absolute atomic E-state index is 0.0608. The van der Waals surface area contributed by atoms with Crippen LogP contribution in [0.1, 0.15) is 59.7 Å². The van der Waals surface area contributed by atoms with E-state index in [9.17, 15) is 18.8 Å². The molecule has 31 heavy (non-hydrogen) atoms. The van der Waals surface area contributed by atoms with E-state index in [4.69, 9.17) is 0 Å². The normalized spacial score (nSPS) is 16.0. The van der Waals surface area contributed by atoms with Crippen LogP contribution in [0.25, 0.3) is 0 Å². The Kier molecular flexibility index (Phi) is 7.28. The smallest absolute Gasteiger partial charge is 0.254 e. The van der Waals surface area contributed by atoms with Gasteiger partial charge in [0.25, 0.3) is 5.91 Å². The van der Waals surface area contributed by atoms with Crippen LogP contribution in [0.5, 0.6) is 0 Å². The number of carbonyl (C=O) groups is 3. The summed E-state index contributed by atoms with van der Waals surface area (Å²) in [5.41, 5.74) is 1.64. The van der Waals surface area contributed by atoms with Crippen molar-refractivity contribution in [2.24, 2.45) is 0 Å².